The summed E-state index contributed by atoms with van der Waals surface area (Å²) in [6, 6.07) is 3.61. The molecule has 2 aromatic rings. The fourth-order valence-corrected chi connectivity index (χ4v) is 1.51. The van der Waals surface area contributed by atoms with E-state index in [4.69, 9.17) is 5.73 Å². The van der Waals surface area contributed by atoms with Gasteiger partial charge in [-0.15, -0.1) is 0 Å². The summed E-state index contributed by atoms with van der Waals surface area (Å²) in [5, 5.41) is 25.0. The van der Waals surface area contributed by atoms with Gasteiger partial charge in [-0.25, -0.2) is 0 Å². The lowest BCUT2D eigenvalue weighted by Gasteiger charge is -2.07. The van der Waals surface area contributed by atoms with Gasteiger partial charge in [-0.05, 0) is 12.1 Å². The first-order chi connectivity index (χ1) is 8.47. The van der Waals surface area contributed by atoms with Crippen molar-refractivity contribution in [3.05, 3.63) is 30.0 Å². The Labute approximate surface area is 102 Å². The van der Waals surface area contributed by atoms with Gasteiger partial charge < -0.3 is 21.3 Å². The quantitative estimate of drug-likeness (QED) is 0.623. The lowest BCUT2D eigenvalue weighted by atomic mass is 10.2. The van der Waals surface area contributed by atoms with E-state index in [1.54, 1.807) is 7.05 Å². The molecule has 5 N–H and O–H groups in total. The molecule has 1 aromatic heterocycles. The third-order valence-electron chi connectivity index (χ3n) is 2.36. The second-order valence-electron chi connectivity index (χ2n) is 3.76. The van der Waals surface area contributed by atoms with Crippen LogP contribution in [0.25, 0.3) is 0 Å². The SMILES string of the molecule is Cn1ncc(N)c1NC(=O)c1cc(O)cc(O)c1. The Morgan fingerprint density at radius 3 is 2.44 bits per heavy atom. The number of nitrogens with zero attached hydrogens (tertiary/aromatic N) is 2. The molecule has 0 atom stereocenters. The number of hydrogen-bond donors (Lipinski definition) is 4. The Morgan fingerprint density at radius 1 is 1.33 bits per heavy atom. The van der Waals surface area contributed by atoms with E-state index >= 15 is 0 Å². The van der Waals surface area contributed by atoms with Gasteiger partial charge in [0.25, 0.3) is 5.91 Å². The van der Waals surface area contributed by atoms with E-state index in [-0.39, 0.29) is 17.1 Å². The van der Waals surface area contributed by atoms with Crippen molar-refractivity contribution in [2.75, 3.05) is 11.1 Å². The minimum absolute atomic E-state index is 0.119. The Morgan fingerprint density at radius 2 is 1.94 bits per heavy atom. The van der Waals surface area contributed by atoms with Crippen LogP contribution in [0.4, 0.5) is 11.5 Å². The highest BCUT2D eigenvalue weighted by atomic mass is 16.3. The molecular formula is C11H12N4O3. The number of rotatable bonds is 2. The molecule has 7 heteroatoms. The second-order valence-corrected chi connectivity index (χ2v) is 3.76. The summed E-state index contributed by atoms with van der Waals surface area (Å²) in [7, 11) is 1.63. The average molecular weight is 248 g/mol. The Balaban J connectivity index is 2.27. The Kier molecular flexibility index (Phi) is 2.80. The van der Waals surface area contributed by atoms with Gasteiger partial charge in [0.15, 0.2) is 5.82 Å². The smallest absolute Gasteiger partial charge is 0.257 e. The molecule has 0 saturated carbocycles. The highest BCUT2D eigenvalue weighted by molar-refractivity contribution is 6.05. The van der Waals surface area contributed by atoms with E-state index in [1.807, 2.05) is 0 Å². The number of nitrogens with one attached hydrogen (secondary N) is 1. The molecule has 0 aliphatic heterocycles. The van der Waals surface area contributed by atoms with Crippen LogP contribution in [0.3, 0.4) is 0 Å². The van der Waals surface area contributed by atoms with E-state index in [9.17, 15) is 15.0 Å². The molecule has 0 unspecified atom stereocenters. The largest absolute Gasteiger partial charge is 0.508 e. The summed E-state index contributed by atoms with van der Waals surface area (Å²) in [6.07, 6.45) is 1.41. The molecule has 0 radical (unpaired) electrons. The first-order valence-corrected chi connectivity index (χ1v) is 5.09. The van der Waals surface area contributed by atoms with Crippen LogP contribution in [0.15, 0.2) is 24.4 Å². The third-order valence-corrected chi connectivity index (χ3v) is 2.36. The van der Waals surface area contributed by atoms with Crippen LogP contribution in [0.2, 0.25) is 0 Å². The van der Waals surface area contributed by atoms with Gasteiger partial charge in [-0.1, -0.05) is 0 Å². The zero-order valence-corrected chi connectivity index (χ0v) is 9.58. The number of aromatic nitrogens is 2. The molecule has 0 spiro atoms. The summed E-state index contributed by atoms with van der Waals surface area (Å²) in [5.41, 5.74) is 6.08. The minimum atomic E-state index is -0.503. The number of anilines is 2. The van der Waals surface area contributed by atoms with Gasteiger partial charge in [0.05, 0.1) is 11.9 Å². The van der Waals surface area contributed by atoms with Crippen molar-refractivity contribution < 1.29 is 15.0 Å². The maximum Gasteiger partial charge on any atom is 0.257 e. The molecule has 18 heavy (non-hydrogen) atoms. The minimum Gasteiger partial charge on any atom is -0.508 e. The molecule has 7 nitrogen and oxygen atoms in total. The van der Waals surface area contributed by atoms with Crippen LogP contribution in [-0.2, 0) is 7.05 Å². The lowest BCUT2D eigenvalue weighted by molar-refractivity contribution is 0.102. The van der Waals surface area contributed by atoms with Gasteiger partial charge in [0.2, 0.25) is 0 Å². The summed E-state index contributed by atoms with van der Waals surface area (Å²) in [6.45, 7) is 0. The van der Waals surface area contributed by atoms with Crippen molar-refractivity contribution in [3.63, 3.8) is 0 Å². The van der Waals surface area contributed by atoms with Gasteiger partial charge in [-0.2, -0.15) is 5.10 Å². The number of benzene rings is 1. The number of aromatic hydroxyl groups is 2. The van der Waals surface area contributed by atoms with Gasteiger partial charge in [0.1, 0.15) is 11.5 Å². The number of aryl methyl sites for hydroxylation is 1. The molecule has 2 rings (SSSR count). The van der Waals surface area contributed by atoms with Crippen LogP contribution >= 0.6 is 0 Å². The number of phenolic OH excluding ortho intramolecular Hbond substituents is 2. The lowest BCUT2D eigenvalue weighted by Crippen LogP contribution is -2.15. The maximum absolute atomic E-state index is 11.9. The number of nitrogen functional groups attached to an aromatic ring is 1. The van der Waals surface area contributed by atoms with E-state index in [0.29, 0.717) is 11.5 Å². The van der Waals surface area contributed by atoms with Gasteiger partial charge in [0, 0.05) is 18.7 Å². The van der Waals surface area contributed by atoms with Crippen molar-refractivity contribution in [2.45, 2.75) is 0 Å². The van der Waals surface area contributed by atoms with E-state index < -0.39 is 5.91 Å². The average Bonchev–Trinajstić information content (AvgIpc) is 2.59. The van der Waals surface area contributed by atoms with Crippen molar-refractivity contribution >= 4 is 17.4 Å². The second kappa shape index (κ2) is 4.28. The summed E-state index contributed by atoms with van der Waals surface area (Å²) in [5.74, 6) is -0.546. The fourth-order valence-electron chi connectivity index (χ4n) is 1.51. The number of amides is 1. The van der Waals surface area contributed by atoms with E-state index in [2.05, 4.69) is 10.4 Å². The van der Waals surface area contributed by atoms with Crippen molar-refractivity contribution in [1.29, 1.82) is 0 Å². The van der Waals surface area contributed by atoms with Crippen LogP contribution in [0.1, 0.15) is 10.4 Å². The molecule has 0 aliphatic carbocycles. The topological polar surface area (TPSA) is 113 Å². The Bertz CT molecular complexity index is 567. The van der Waals surface area contributed by atoms with E-state index in [1.165, 1.54) is 23.0 Å². The summed E-state index contributed by atoms with van der Waals surface area (Å²) >= 11 is 0. The molecule has 0 saturated heterocycles. The van der Waals surface area contributed by atoms with Crippen LogP contribution in [-0.4, -0.2) is 25.9 Å². The molecule has 0 aliphatic rings. The highest BCUT2D eigenvalue weighted by Crippen LogP contribution is 2.22. The number of nitrogens with two attached hydrogens (primary N) is 1. The first kappa shape index (κ1) is 11.8. The van der Waals surface area contributed by atoms with Crippen LogP contribution in [0.5, 0.6) is 11.5 Å². The summed E-state index contributed by atoms with van der Waals surface area (Å²) in [4.78, 5) is 11.9. The normalized spacial score (nSPS) is 10.3. The molecule has 0 bridgehead atoms. The van der Waals surface area contributed by atoms with Crippen LogP contribution in [0, 0.1) is 0 Å². The Hall–Kier alpha value is -2.70. The van der Waals surface area contributed by atoms with Gasteiger partial charge >= 0.3 is 0 Å². The number of carbonyl (C=O) groups excluding carboxylic acids is 1. The molecule has 94 valence electrons. The molecule has 0 fully saturated rings. The highest BCUT2D eigenvalue weighted by Gasteiger charge is 2.13. The predicted octanol–water partition coefficient (Wildman–Crippen LogP) is 0.666. The third kappa shape index (κ3) is 2.19. The van der Waals surface area contributed by atoms with Gasteiger partial charge in [-0.3, -0.25) is 9.48 Å². The standard InChI is InChI=1S/C11H12N4O3/c1-15-10(9(12)5-13-15)14-11(18)6-2-7(16)4-8(17)3-6/h2-5,16-17H,12H2,1H3,(H,14,18). The first-order valence-electron chi connectivity index (χ1n) is 5.09. The number of hydrogen-bond acceptors (Lipinski definition) is 5. The maximum atomic E-state index is 11.9. The summed E-state index contributed by atoms with van der Waals surface area (Å²) < 4.78 is 1.41. The fraction of sp³-hybridized carbons (Fsp3) is 0.0909. The molecule has 1 heterocycles. The number of phenols is 2. The van der Waals surface area contributed by atoms with Crippen LogP contribution < -0.4 is 11.1 Å². The van der Waals surface area contributed by atoms with E-state index in [0.717, 1.165) is 6.07 Å². The zero-order valence-electron chi connectivity index (χ0n) is 9.58. The van der Waals surface area contributed by atoms with Crippen molar-refractivity contribution in [2.24, 2.45) is 7.05 Å². The monoisotopic (exact) mass is 248 g/mol. The molecule has 1 amide bonds. The predicted molar refractivity (Wildman–Crippen MR) is 65.3 cm³/mol. The molecule has 1 aromatic carbocycles. The van der Waals surface area contributed by atoms with Crippen molar-refractivity contribution in [3.8, 4) is 11.5 Å². The zero-order chi connectivity index (χ0) is 13.3. The molecular weight excluding hydrogens is 236 g/mol. The van der Waals surface area contributed by atoms with Crippen molar-refractivity contribution in [1.82, 2.24) is 9.78 Å². The number of carbonyl (C=O) groups is 1.